The van der Waals surface area contributed by atoms with Crippen molar-refractivity contribution in [3.63, 3.8) is 0 Å². The fourth-order valence-electron chi connectivity index (χ4n) is 0.918. The smallest absolute Gasteiger partial charge is 0.332 e. The van der Waals surface area contributed by atoms with E-state index in [0.717, 1.165) is 0 Å². The van der Waals surface area contributed by atoms with Crippen LogP contribution in [0.15, 0.2) is 28.4 Å². The molecule has 0 amide bonds. The molecule has 0 spiro atoms. The molecule has 0 aliphatic carbocycles. The predicted octanol–water partition coefficient (Wildman–Crippen LogP) is 3.64. The fourth-order valence-corrected chi connectivity index (χ4v) is 1.21. The summed E-state index contributed by atoms with van der Waals surface area (Å²) in [6.45, 7) is 1.59. The van der Waals surface area contributed by atoms with E-state index in [1.165, 1.54) is 7.11 Å². The van der Waals surface area contributed by atoms with E-state index in [-0.39, 0.29) is 0 Å². The molecule has 0 heterocycles. The number of hydrogen-bond donors (Lipinski definition) is 0. The highest BCUT2D eigenvalue weighted by Gasteiger charge is 2.10. The Labute approximate surface area is 103 Å². The van der Waals surface area contributed by atoms with E-state index < -0.39 is 12.0 Å². The Morgan fingerprint density at radius 2 is 2.06 bits per heavy atom. The zero-order chi connectivity index (χ0) is 12.1. The zero-order valence-corrected chi connectivity index (χ0v) is 10.3. The van der Waals surface area contributed by atoms with Crippen LogP contribution < -0.4 is 0 Å². The molecule has 0 saturated heterocycles. The standard InChI is InChI=1S/C10H10Cl2N2O2/c1-6(10(15)16-2)13-14-7-3-4-8(11)9(12)5-7/h3-6H,1-2H3. The molecule has 6 heteroatoms. The molecule has 1 aromatic rings. The topological polar surface area (TPSA) is 51.0 Å². The maximum atomic E-state index is 11.0. The summed E-state index contributed by atoms with van der Waals surface area (Å²) >= 11 is 11.5. The summed E-state index contributed by atoms with van der Waals surface area (Å²) in [7, 11) is 1.30. The number of hydrogen-bond acceptors (Lipinski definition) is 4. The lowest BCUT2D eigenvalue weighted by Crippen LogP contribution is -2.15. The van der Waals surface area contributed by atoms with Gasteiger partial charge in [0.15, 0.2) is 6.04 Å². The normalized spacial score (nSPS) is 12.8. The summed E-state index contributed by atoms with van der Waals surface area (Å²) in [4.78, 5) is 11.0. The summed E-state index contributed by atoms with van der Waals surface area (Å²) < 4.78 is 4.50. The third-order valence-electron chi connectivity index (χ3n) is 1.79. The molecule has 1 atom stereocenters. The van der Waals surface area contributed by atoms with Crippen LogP contribution in [0.4, 0.5) is 5.69 Å². The van der Waals surface area contributed by atoms with Gasteiger partial charge in [0.25, 0.3) is 0 Å². The van der Waals surface area contributed by atoms with E-state index in [1.807, 2.05) is 0 Å². The number of halogens is 2. The van der Waals surface area contributed by atoms with Gasteiger partial charge in [-0.3, -0.25) is 0 Å². The molecule has 0 N–H and O–H groups in total. The Morgan fingerprint density at radius 1 is 1.38 bits per heavy atom. The molecular weight excluding hydrogens is 251 g/mol. The molecule has 0 aromatic heterocycles. The number of carbonyl (C=O) groups is 1. The molecule has 0 aliphatic heterocycles. The van der Waals surface area contributed by atoms with Gasteiger partial charge in [-0.05, 0) is 25.1 Å². The highest BCUT2D eigenvalue weighted by molar-refractivity contribution is 6.42. The Balaban J connectivity index is 2.76. The van der Waals surface area contributed by atoms with E-state index >= 15 is 0 Å². The number of nitrogens with zero attached hydrogens (tertiary/aromatic N) is 2. The third kappa shape index (κ3) is 3.47. The molecule has 0 fully saturated rings. The molecule has 0 radical (unpaired) electrons. The van der Waals surface area contributed by atoms with Crippen LogP contribution in [0.1, 0.15) is 6.92 Å². The van der Waals surface area contributed by atoms with E-state index in [0.29, 0.717) is 15.7 Å². The van der Waals surface area contributed by atoms with Gasteiger partial charge in [0.1, 0.15) is 0 Å². The average molecular weight is 261 g/mol. The number of rotatable bonds is 3. The lowest BCUT2D eigenvalue weighted by atomic mass is 10.3. The van der Waals surface area contributed by atoms with Crippen molar-refractivity contribution < 1.29 is 9.53 Å². The van der Waals surface area contributed by atoms with Crippen molar-refractivity contribution in [2.75, 3.05) is 7.11 Å². The van der Waals surface area contributed by atoms with Gasteiger partial charge in [0.05, 0.1) is 22.8 Å². The van der Waals surface area contributed by atoms with E-state index in [2.05, 4.69) is 15.0 Å². The monoisotopic (exact) mass is 260 g/mol. The Bertz CT molecular complexity index is 421. The zero-order valence-electron chi connectivity index (χ0n) is 8.78. The van der Waals surface area contributed by atoms with Crippen molar-refractivity contribution in [2.45, 2.75) is 13.0 Å². The van der Waals surface area contributed by atoms with Crippen LogP contribution in [0.2, 0.25) is 10.0 Å². The Hall–Kier alpha value is -1.13. The number of ether oxygens (including phenoxy) is 1. The van der Waals surface area contributed by atoms with Gasteiger partial charge in [0.2, 0.25) is 0 Å². The number of benzene rings is 1. The molecule has 4 nitrogen and oxygen atoms in total. The summed E-state index contributed by atoms with van der Waals surface area (Å²) in [5, 5.41) is 8.48. The first-order valence-electron chi connectivity index (χ1n) is 4.48. The molecule has 86 valence electrons. The second kappa shape index (κ2) is 5.82. The number of azo groups is 1. The van der Waals surface area contributed by atoms with Crippen molar-refractivity contribution in [2.24, 2.45) is 10.2 Å². The molecule has 0 aliphatic rings. The fraction of sp³-hybridized carbons (Fsp3) is 0.300. The first-order valence-corrected chi connectivity index (χ1v) is 5.24. The van der Waals surface area contributed by atoms with Gasteiger partial charge in [-0.1, -0.05) is 23.2 Å². The lowest BCUT2D eigenvalue weighted by molar-refractivity contribution is -0.141. The molecule has 1 rings (SSSR count). The lowest BCUT2D eigenvalue weighted by Gasteiger charge is -2.01. The Kier molecular flexibility index (Phi) is 4.71. The number of esters is 1. The number of carbonyl (C=O) groups excluding carboxylic acids is 1. The Morgan fingerprint density at radius 3 is 2.62 bits per heavy atom. The van der Waals surface area contributed by atoms with Crippen molar-refractivity contribution in [3.8, 4) is 0 Å². The highest BCUT2D eigenvalue weighted by Crippen LogP contribution is 2.26. The summed E-state index contributed by atoms with van der Waals surface area (Å²) in [5.74, 6) is -0.441. The second-order valence-corrected chi connectivity index (χ2v) is 3.83. The van der Waals surface area contributed by atoms with Gasteiger partial charge in [-0.15, -0.1) is 0 Å². The van der Waals surface area contributed by atoms with Crippen LogP contribution in [0.3, 0.4) is 0 Å². The van der Waals surface area contributed by atoms with E-state index in [1.54, 1.807) is 25.1 Å². The van der Waals surface area contributed by atoms with Crippen molar-refractivity contribution in [1.82, 2.24) is 0 Å². The predicted molar refractivity (Wildman–Crippen MR) is 62.5 cm³/mol. The van der Waals surface area contributed by atoms with Gasteiger partial charge in [-0.25, -0.2) is 4.79 Å². The van der Waals surface area contributed by atoms with Crippen LogP contribution in [0.25, 0.3) is 0 Å². The summed E-state index contributed by atoms with van der Waals surface area (Å²) in [5.41, 5.74) is 0.533. The SMILES string of the molecule is COC(=O)C(C)N=Nc1ccc(Cl)c(Cl)c1. The maximum absolute atomic E-state index is 11.0. The first-order chi connectivity index (χ1) is 7.54. The maximum Gasteiger partial charge on any atom is 0.332 e. The molecule has 0 bridgehead atoms. The number of methoxy groups -OCH3 is 1. The van der Waals surface area contributed by atoms with E-state index in [9.17, 15) is 4.79 Å². The first kappa shape index (κ1) is 12.9. The molecule has 1 unspecified atom stereocenters. The molecule has 16 heavy (non-hydrogen) atoms. The second-order valence-electron chi connectivity index (χ2n) is 3.01. The molecule has 1 aromatic carbocycles. The summed E-state index contributed by atoms with van der Waals surface area (Å²) in [6, 6.07) is 4.19. The quantitative estimate of drug-likeness (QED) is 0.616. The van der Waals surface area contributed by atoms with Gasteiger partial charge in [-0.2, -0.15) is 10.2 Å². The van der Waals surface area contributed by atoms with Crippen LogP contribution in [-0.4, -0.2) is 19.1 Å². The van der Waals surface area contributed by atoms with Crippen molar-refractivity contribution in [1.29, 1.82) is 0 Å². The average Bonchev–Trinajstić information content (AvgIpc) is 2.29. The van der Waals surface area contributed by atoms with Gasteiger partial charge in [0, 0.05) is 0 Å². The minimum atomic E-state index is -0.639. The van der Waals surface area contributed by atoms with Crippen molar-refractivity contribution in [3.05, 3.63) is 28.2 Å². The minimum Gasteiger partial charge on any atom is -0.467 e. The van der Waals surface area contributed by atoms with Crippen LogP contribution >= 0.6 is 23.2 Å². The van der Waals surface area contributed by atoms with Gasteiger partial charge < -0.3 is 4.74 Å². The minimum absolute atomic E-state index is 0.392. The van der Waals surface area contributed by atoms with Gasteiger partial charge >= 0.3 is 5.97 Å². The third-order valence-corrected chi connectivity index (χ3v) is 2.53. The summed E-state index contributed by atoms with van der Waals surface area (Å²) in [6.07, 6.45) is 0. The largest absolute Gasteiger partial charge is 0.467 e. The van der Waals surface area contributed by atoms with Crippen LogP contribution in [0, 0.1) is 0 Å². The van der Waals surface area contributed by atoms with Crippen LogP contribution in [-0.2, 0) is 9.53 Å². The molecule has 0 saturated carbocycles. The van der Waals surface area contributed by atoms with Crippen molar-refractivity contribution >= 4 is 34.9 Å². The highest BCUT2D eigenvalue weighted by atomic mass is 35.5. The van der Waals surface area contributed by atoms with E-state index in [4.69, 9.17) is 23.2 Å². The van der Waals surface area contributed by atoms with Crippen LogP contribution in [0.5, 0.6) is 0 Å². The molecular formula is C10H10Cl2N2O2.